The fraction of sp³-hybridized carbons (Fsp3) is 0.211. The Bertz CT molecular complexity index is 875. The van der Waals surface area contributed by atoms with Crippen molar-refractivity contribution in [1.82, 2.24) is 4.90 Å². The molecule has 1 aliphatic heterocycles. The van der Waals surface area contributed by atoms with Crippen LogP contribution in [-0.2, 0) is 11.2 Å². The van der Waals surface area contributed by atoms with Crippen LogP contribution < -0.4 is 5.32 Å². The Hall–Kier alpha value is -1.47. The molecule has 3 aromatic rings. The smallest absolute Gasteiger partial charge is 0.238 e. The Balaban J connectivity index is 1.55. The molecule has 1 atom stereocenters. The Morgan fingerprint density at radius 2 is 2.04 bits per heavy atom. The SMILES string of the molecule is O=C(CN1CCc2sccc2C1c1cccs1)Nc1ccccc1Br. The highest BCUT2D eigenvalue weighted by molar-refractivity contribution is 9.10. The zero-order valence-electron chi connectivity index (χ0n) is 13.4. The van der Waals surface area contributed by atoms with Crippen LogP contribution in [0.5, 0.6) is 0 Å². The monoisotopic (exact) mass is 432 g/mol. The Morgan fingerprint density at radius 3 is 2.84 bits per heavy atom. The van der Waals surface area contributed by atoms with Gasteiger partial charge in [0.05, 0.1) is 18.3 Å². The number of nitrogens with one attached hydrogen (secondary N) is 1. The van der Waals surface area contributed by atoms with Gasteiger partial charge in [0.15, 0.2) is 0 Å². The maximum atomic E-state index is 12.6. The minimum atomic E-state index is 0.0205. The lowest BCUT2D eigenvalue weighted by Crippen LogP contribution is -2.40. The number of hydrogen-bond acceptors (Lipinski definition) is 4. The fourth-order valence-electron chi connectivity index (χ4n) is 3.26. The molecule has 1 amide bonds. The van der Waals surface area contributed by atoms with Crippen LogP contribution in [-0.4, -0.2) is 23.9 Å². The predicted molar refractivity (Wildman–Crippen MR) is 109 cm³/mol. The van der Waals surface area contributed by atoms with E-state index in [0.717, 1.165) is 23.1 Å². The molecule has 1 unspecified atom stereocenters. The van der Waals surface area contributed by atoms with Gasteiger partial charge in [-0.05, 0) is 62.9 Å². The zero-order valence-corrected chi connectivity index (χ0v) is 16.7. The summed E-state index contributed by atoms with van der Waals surface area (Å²) in [6.45, 7) is 1.29. The molecule has 2 aromatic heterocycles. The number of benzene rings is 1. The van der Waals surface area contributed by atoms with Gasteiger partial charge in [0, 0.05) is 20.8 Å². The number of carbonyl (C=O) groups excluding carboxylic acids is 1. The molecule has 6 heteroatoms. The first-order valence-corrected chi connectivity index (χ1v) is 10.7. The molecule has 1 aliphatic rings. The normalized spacial score (nSPS) is 17.2. The summed E-state index contributed by atoms with van der Waals surface area (Å²) in [6, 6.07) is 14.3. The van der Waals surface area contributed by atoms with Crippen LogP contribution in [0.15, 0.2) is 57.7 Å². The molecule has 0 bridgehead atoms. The lowest BCUT2D eigenvalue weighted by Gasteiger charge is -2.34. The summed E-state index contributed by atoms with van der Waals surface area (Å²) in [4.78, 5) is 17.7. The number of anilines is 1. The van der Waals surface area contributed by atoms with Gasteiger partial charge in [0.25, 0.3) is 0 Å². The average molecular weight is 433 g/mol. The summed E-state index contributed by atoms with van der Waals surface area (Å²) in [7, 11) is 0. The Kier molecular flexibility index (Phi) is 5.03. The van der Waals surface area contributed by atoms with E-state index in [9.17, 15) is 4.79 Å². The molecule has 128 valence electrons. The zero-order chi connectivity index (χ0) is 17.2. The van der Waals surface area contributed by atoms with Gasteiger partial charge in [0.1, 0.15) is 0 Å². The van der Waals surface area contributed by atoms with Gasteiger partial charge in [-0.2, -0.15) is 0 Å². The minimum Gasteiger partial charge on any atom is -0.324 e. The Labute approximate surface area is 163 Å². The van der Waals surface area contributed by atoms with Gasteiger partial charge < -0.3 is 5.32 Å². The van der Waals surface area contributed by atoms with Crippen LogP contribution >= 0.6 is 38.6 Å². The Morgan fingerprint density at radius 1 is 1.16 bits per heavy atom. The molecule has 0 radical (unpaired) electrons. The number of amides is 1. The third-order valence-electron chi connectivity index (χ3n) is 4.37. The summed E-state index contributed by atoms with van der Waals surface area (Å²) in [5.74, 6) is 0.0205. The summed E-state index contributed by atoms with van der Waals surface area (Å²) in [6.07, 6.45) is 1.01. The quantitative estimate of drug-likeness (QED) is 0.617. The fourth-order valence-corrected chi connectivity index (χ4v) is 5.42. The molecule has 0 aliphatic carbocycles. The first-order chi connectivity index (χ1) is 12.2. The molecular weight excluding hydrogens is 416 g/mol. The third-order valence-corrected chi connectivity index (χ3v) is 6.99. The lowest BCUT2D eigenvalue weighted by atomic mass is 9.98. The number of thiophene rings is 2. The second kappa shape index (κ2) is 7.41. The topological polar surface area (TPSA) is 32.3 Å². The van der Waals surface area contributed by atoms with E-state index in [1.54, 1.807) is 11.3 Å². The van der Waals surface area contributed by atoms with Crippen LogP contribution in [0.25, 0.3) is 0 Å². The van der Waals surface area contributed by atoms with E-state index < -0.39 is 0 Å². The molecule has 0 saturated carbocycles. The lowest BCUT2D eigenvalue weighted by molar-refractivity contribution is -0.117. The molecule has 3 heterocycles. The van der Waals surface area contributed by atoms with E-state index >= 15 is 0 Å². The number of fused-ring (bicyclic) bond motifs is 1. The molecule has 0 fully saturated rings. The van der Waals surface area contributed by atoms with E-state index in [2.05, 4.69) is 55.1 Å². The molecule has 1 aromatic carbocycles. The number of halogens is 1. The highest BCUT2D eigenvalue weighted by Gasteiger charge is 2.31. The summed E-state index contributed by atoms with van der Waals surface area (Å²) < 4.78 is 0.900. The first kappa shape index (κ1) is 17.0. The van der Waals surface area contributed by atoms with Crippen LogP contribution in [0.4, 0.5) is 5.69 Å². The van der Waals surface area contributed by atoms with Crippen molar-refractivity contribution in [3.8, 4) is 0 Å². The standard InChI is InChI=1S/C19H17BrN2OS2/c20-14-4-1-2-5-15(14)21-18(23)12-22-9-7-16-13(8-11-25-16)19(22)17-6-3-10-24-17/h1-6,8,10-11,19H,7,9,12H2,(H,21,23). The van der Waals surface area contributed by atoms with E-state index in [-0.39, 0.29) is 11.9 Å². The van der Waals surface area contributed by atoms with Gasteiger partial charge in [-0.15, -0.1) is 22.7 Å². The van der Waals surface area contributed by atoms with E-state index in [1.807, 2.05) is 35.6 Å². The molecule has 3 nitrogen and oxygen atoms in total. The van der Waals surface area contributed by atoms with Crippen LogP contribution in [0.2, 0.25) is 0 Å². The van der Waals surface area contributed by atoms with Gasteiger partial charge in [0.2, 0.25) is 5.91 Å². The van der Waals surface area contributed by atoms with Gasteiger partial charge in [-0.1, -0.05) is 18.2 Å². The largest absolute Gasteiger partial charge is 0.324 e. The number of para-hydroxylation sites is 1. The van der Waals surface area contributed by atoms with Crippen molar-refractivity contribution < 1.29 is 4.79 Å². The molecule has 0 spiro atoms. The van der Waals surface area contributed by atoms with Crippen molar-refractivity contribution in [1.29, 1.82) is 0 Å². The summed E-state index contributed by atoms with van der Waals surface area (Å²) in [5, 5.41) is 7.29. The van der Waals surface area contributed by atoms with E-state index in [0.29, 0.717) is 6.54 Å². The van der Waals surface area contributed by atoms with Crippen LogP contribution in [0, 0.1) is 0 Å². The number of carbonyl (C=O) groups is 1. The third kappa shape index (κ3) is 3.58. The molecule has 1 N–H and O–H groups in total. The number of hydrogen-bond donors (Lipinski definition) is 1. The van der Waals surface area contributed by atoms with Crippen LogP contribution in [0.3, 0.4) is 0 Å². The van der Waals surface area contributed by atoms with Crippen molar-refractivity contribution in [3.05, 3.63) is 73.0 Å². The van der Waals surface area contributed by atoms with Crippen molar-refractivity contribution in [2.75, 3.05) is 18.4 Å². The number of nitrogens with zero attached hydrogens (tertiary/aromatic N) is 1. The van der Waals surface area contributed by atoms with Gasteiger partial charge >= 0.3 is 0 Å². The van der Waals surface area contributed by atoms with Crippen molar-refractivity contribution in [2.45, 2.75) is 12.5 Å². The van der Waals surface area contributed by atoms with Crippen LogP contribution in [0.1, 0.15) is 21.4 Å². The predicted octanol–water partition coefficient (Wildman–Crippen LogP) is 5.16. The molecule has 25 heavy (non-hydrogen) atoms. The van der Waals surface area contributed by atoms with Crippen molar-refractivity contribution in [2.24, 2.45) is 0 Å². The first-order valence-electron chi connectivity index (χ1n) is 8.10. The summed E-state index contributed by atoms with van der Waals surface area (Å²) in [5.41, 5.74) is 2.17. The highest BCUT2D eigenvalue weighted by Crippen LogP contribution is 2.39. The minimum absolute atomic E-state index is 0.0205. The van der Waals surface area contributed by atoms with Gasteiger partial charge in [-0.3, -0.25) is 9.69 Å². The number of rotatable bonds is 4. The highest BCUT2D eigenvalue weighted by atomic mass is 79.9. The second-order valence-corrected chi connectivity index (χ2v) is 8.80. The van der Waals surface area contributed by atoms with E-state index in [4.69, 9.17) is 0 Å². The van der Waals surface area contributed by atoms with Gasteiger partial charge in [-0.25, -0.2) is 0 Å². The summed E-state index contributed by atoms with van der Waals surface area (Å²) >= 11 is 7.06. The molecular formula is C19H17BrN2OS2. The second-order valence-electron chi connectivity index (χ2n) is 5.97. The van der Waals surface area contributed by atoms with Crippen molar-refractivity contribution >= 4 is 50.2 Å². The van der Waals surface area contributed by atoms with E-state index in [1.165, 1.54) is 15.3 Å². The molecule has 4 rings (SSSR count). The molecule has 0 saturated heterocycles. The maximum Gasteiger partial charge on any atom is 0.238 e. The van der Waals surface area contributed by atoms with Crippen molar-refractivity contribution in [3.63, 3.8) is 0 Å². The average Bonchev–Trinajstić information content (AvgIpc) is 3.28. The maximum absolute atomic E-state index is 12.6.